The number of rotatable bonds is 3. The van der Waals surface area contributed by atoms with Crippen LogP contribution < -0.4 is 5.73 Å². The van der Waals surface area contributed by atoms with Crippen molar-refractivity contribution in [2.75, 3.05) is 24.6 Å². The fourth-order valence-corrected chi connectivity index (χ4v) is 2.63. The lowest BCUT2D eigenvalue weighted by Gasteiger charge is -2.27. The number of hydrogen-bond donors (Lipinski definition) is 1. The first-order valence-electron chi connectivity index (χ1n) is 6.25. The van der Waals surface area contributed by atoms with Gasteiger partial charge in [0.15, 0.2) is 11.7 Å². The Morgan fingerprint density at radius 3 is 2.79 bits per heavy atom. The van der Waals surface area contributed by atoms with Gasteiger partial charge in [-0.15, -0.1) is 24.0 Å². The molecule has 2 rings (SSSR count). The Hall–Kier alpha value is -0.440. The summed E-state index contributed by atoms with van der Waals surface area (Å²) in [5.41, 5.74) is 6.93. The van der Waals surface area contributed by atoms with Crippen molar-refractivity contribution in [3.63, 3.8) is 0 Å². The molecule has 1 saturated heterocycles. The van der Waals surface area contributed by atoms with Gasteiger partial charge in [-0.2, -0.15) is 11.8 Å². The van der Waals surface area contributed by atoms with Crippen molar-refractivity contribution in [3.05, 3.63) is 17.5 Å². The minimum absolute atomic E-state index is 0. The highest BCUT2D eigenvalue weighted by atomic mass is 127. The lowest BCUT2D eigenvalue weighted by atomic mass is 10.1. The van der Waals surface area contributed by atoms with E-state index in [2.05, 4.69) is 28.9 Å². The predicted molar refractivity (Wildman–Crippen MR) is 90.2 cm³/mol. The summed E-state index contributed by atoms with van der Waals surface area (Å²) in [5, 5.41) is 4.00. The standard InChI is InChI=1S/C12H20N4OS.HI/c1-9(2)11-7-10(17-15-11)8-14-12(13)16-3-5-18-6-4-16;/h7,9H,3-6,8H2,1-2H3,(H2,13,14);1H. The average Bonchev–Trinajstić information content (AvgIpc) is 2.86. The highest BCUT2D eigenvalue weighted by Crippen LogP contribution is 2.15. The van der Waals surface area contributed by atoms with E-state index in [4.69, 9.17) is 10.3 Å². The minimum atomic E-state index is 0. The lowest BCUT2D eigenvalue weighted by Crippen LogP contribution is -2.42. The smallest absolute Gasteiger partial charge is 0.191 e. The summed E-state index contributed by atoms with van der Waals surface area (Å²) >= 11 is 1.96. The van der Waals surface area contributed by atoms with Gasteiger partial charge < -0.3 is 15.2 Å². The van der Waals surface area contributed by atoms with Crippen molar-refractivity contribution in [2.45, 2.75) is 26.3 Å². The topological polar surface area (TPSA) is 67.7 Å². The molecular formula is C12H21IN4OS. The summed E-state index contributed by atoms with van der Waals surface area (Å²) in [6.45, 7) is 6.60. The maximum Gasteiger partial charge on any atom is 0.191 e. The molecule has 0 saturated carbocycles. The van der Waals surface area contributed by atoms with E-state index in [0.29, 0.717) is 18.4 Å². The number of aliphatic imine (C=N–C) groups is 1. The first kappa shape index (κ1) is 16.6. The van der Waals surface area contributed by atoms with Gasteiger partial charge in [0.05, 0.1) is 5.69 Å². The third kappa shape index (κ3) is 4.87. The van der Waals surface area contributed by atoms with E-state index in [-0.39, 0.29) is 24.0 Å². The fourth-order valence-electron chi connectivity index (χ4n) is 1.73. The first-order chi connectivity index (χ1) is 8.66. The van der Waals surface area contributed by atoms with E-state index in [1.807, 2.05) is 17.8 Å². The Morgan fingerprint density at radius 2 is 2.21 bits per heavy atom. The van der Waals surface area contributed by atoms with E-state index in [9.17, 15) is 0 Å². The number of guanidine groups is 1. The molecule has 1 fully saturated rings. The van der Waals surface area contributed by atoms with Gasteiger partial charge in [-0.1, -0.05) is 19.0 Å². The highest BCUT2D eigenvalue weighted by Gasteiger charge is 2.12. The molecule has 5 nitrogen and oxygen atoms in total. The third-order valence-electron chi connectivity index (χ3n) is 2.90. The SMILES string of the molecule is CC(C)c1cc(CN=C(N)N2CCSCC2)on1.I. The van der Waals surface area contributed by atoms with Gasteiger partial charge in [-0.3, -0.25) is 0 Å². The van der Waals surface area contributed by atoms with Crippen LogP contribution in [-0.2, 0) is 6.54 Å². The van der Waals surface area contributed by atoms with E-state index in [1.54, 1.807) is 0 Å². The quantitative estimate of drug-likeness (QED) is 0.483. The van der Waals surface area contributed by atoms with Crippen molar-refractivity contribution in [2.24, 2.45) is 10.7 Å². The molecule has 0 aromatic carbocycles. The largest absolute Gasteiger partial charge is 0.370 e. The second-order valence-electron chi connectivity index (χ2n) is 4.65. The third-order valence-corrected chi connectivity index (χ3v) is 3.84. The highest BCUT2D eigenvalue weighted by molar-refractivity contribution is 14.0. The van der Waals surface area contributed by atoms with Crippen molar-refractivity contribution in [3.8, 4) is 0 Å². The maximum atomic E-state index is 5.97. The van der Waals surface area contributed by atoms with Gasteiger partial charge in [0.25, 0.3) is 0 Å². The van der Waals surface area contributed by atoms with Crippen LogP contribution >= 0.6 is 35.7 Å². The number of thioether (sulfide) groups is 1. The van der Waals surface area contributed by atoms with Crippen LogP contribution in [0.15, 0.2) is 15.6 Å². The zero-order chi connectivity index (χ0) is 13.0. The van der Waals surface area contributed by atoms with Gasteiger partial charge in [0.2, 0.25) is 0 Å². The number of nitrogens with zero attached hydrogens (tertiary/aromatic N) is 3. The Morgan fingerprint density at radius 1 is 1.53 bits per heavy atom. The van der Waals surface area contributed by atoms with Crippen molar-refractivity contribution >= 4 is 41.7 Å². The van der Waals surface area contributed by atoms with Crippen molar-refractivity contribution in [1.29, 1.82) is 0 Å². The number of hydrogen-bond acceptors (Lipinski definition) is 4. The normalized spacial score (nSPS) is 16.6. The van der Waals surface area contributed by atoms with E-state index >= 15 is 0 Å². The zero-order valence-corrected chi connectivity index (χ0v) is 14.5. The van der Waals surface area contributed by atoms with Crippen LogP contribution in [0.5, 0.6) is 0 Å². The molecule has 19 heavy (non-hydrogen) atoms. The summed E-state index contributed by atoms with van der Waals surface area (Å²) < 4.78 is 5.23. The summed E-state index contributed by atoms with van der Waals surface area (Å²) in [5.74, 6) is 4.00. The summed E-state index contributed by atoms with van der Waals surface area (Å²) in [6, 6.07) is 1.95. The molecule has 1 aliphatic heterocycles. The van der Waals surface area contributed by atoms with E-state index in [1.165, 1.54) is 0 Å². The van der Waals surface area contributed by atoms with Crippen LogP contribution in [0, 0.1) is 0 Å². The molecule has 0 atom stereocenters. The number of aromatic nitrogens is 1. The second kappa shape index (κ2) is 7.98. The Bertz CT molecular complexity index is 416. The predicted octanol–water partition coefficient (Wildman–Crippen LogP) is 2.28. The van der Waals surface area contributed by atoms with E-state index < -0.39 is 0 Å². The monoisotopic (exact) mass is 396 g/mol. The van der Waals surface area contributed by atoms with Crippen molar-refractivity contribution in [1.82, 2.24) is 10.1 Å². The molecule has 108 valence electrons. The maximum absolute atomic E-state index is 5.97. The summed E-state index contributed by atoms with van der Waals surface area (Å²) in [7, 11) is 0. The molecule has 0 radical (unpaired) electrons. The van der Waals surface area contributed by atoms with Crippen LogP contribution in [-0.4, -0.2) is 40.6 Å². The molecule has 1 aromatic rings. The van der Waals surface area contributed by atoms with Crippen LogP contribution in [0.1, 0.15) is 31.2 Å². The Kier molecular flexibility index (Phi) is 6.98. The summed E-state index contributed by atoms with van der Waals surface area (Å²) in [4.78, 5) is 6.49. The Labute approximate surface area is 135 Å². The van der Waals surface area contributed by atoms with Crippen molar-refractivity contribution < 1.29 is 4.52 Å². The molecule has 1 aromatic heterocycles. The molecule has 1 aliphatic rings. The molecular weight excluding hydrogens is 375 g/mol. The van der Waals surface area contributed by atoms with Crippen LogP contribution in [0.2, 0.25) is 0 Å². The van der Waals surface area contributed by atoms with Gasteiger partial charge in [0, 0.05) is 30.7 Å². The molecule has 0 amide bonds. The molecule has 0 spiro atoms. The van der Waals surface area contributed by atoms with Crippen LogP contribution in [0.25, 0.3) is 0 Å². The van der Waals surface area contributed by atoms with Gasteiger partial charge in [-0.25, -0.2) is 4.99 Å². The molecule has 0 aliphatic carbocycles. The lowest BCUT2D eigenvalue weighted by molar-refractivity contribution is 0.375. The number of nitrogens with two attached hydrogens (primary N) is 1. The van der Waals surface area contributed by atoms with Gasteiger partial charge >= 0.3 is 0 Å². The molecule has 2 N–H and O–H groups in total. The van der Waals surface area contributed by atoms with Gasteiger partial charge in [0.1, 0.15) is 6.54 Å². The molecule has 7 heteroatoms. The van der Waals surface area contributed by atoms with Crippen LogP contribution in [0.3, 0.4) is 0 Å². The molecule has 2 heterocycles. The van der Waals surface area contributed by atoms with E-state index in [0.717, 1.165) is 36.0 Å². The molecule has 0 bridgehead atoms. The number of halogens is 1. The first-order valence-corrected chi connectivity index (χ1v) is 7.40. The fraction of sp³-hybridized carbons (Fsp3) is 0.667. The average molecular weight is 396 g/mol. The van der Waals surface area contributed by atoms with Gasteiger partial charge in [-0.05, 0) is 5.92 Å². The zero-order valence-electron chi connectivity index (χ0n) is 11.3. The minimum Gasteiger partial charge on any atom is -0.370 e. The Balaban J connectivity index is 0.00000180. The summed E-state index contributed by atoms with van der Waals surface area (Å²) in [6.07, 6.45) is 0. The van der Waals surface area contributed by atoms with Crippen LogP contribution in [0.4, 0.5) is 0 Å². The second-order valence-corrected chi connectivity index (χ2v) is 5.87. The molecule has 0 unspecified atom stereocenters.